The predicted molar refractivity (Wildman–Crippen MR) is 170 cm³/mol. The summed E-state index contributed by atoms with van der Waals surface area (Å²) in [6.45, 7) is 0. The van der Waals surface area contributed by atoms with Crippen LogP contribution in [0.1, 0.15) is 0 Å². The number of nitrogens with zero attached hydrogens (tertiary/aromatic N) is 6. The van der Waals surface area contributed by atoms with Gasteiger partial charge in [0.1, 0.15) is 27.7 Å². The summed E-state index contributed by atoms with van der Waals surface area (Å²) in [5.74, 6) is 2.09. The van der Waals surface area contributed by atoms with E-state index in [9.17, 15) is 0 Å². The van der Waals surface area contributed by atoms with E-state index in [4.69, 9.17) is 38.7 Å². The number of pyridine rings is 2. The normalized spacial score (nSPS) is 11.6. The topological polar surface area (TPSA) is 104 Å². The molecule has 0 saturated heterocycles. The van der Waals surface area contributed by atoms with Gasteiger partial charge < -0.3 is 8.83 Å². The van der Waals surface area contributed by atoms with E-state index in [1.807, 2.05) is 109 Å². The van der Waals surface area contributed by atoms with Gasteiger partial charge in [0.05, 0.1) is 10.9 Å². The van der Waals surface area contributed by atoms with Crippen LogP contribution in [0.2, 0.25) is 0 Å². The second kappa shape index (κ2) is 9.64. The summed E-state index contributed by atoms with van der Waals surface area (Å²) in [5.41, 5.74) is 7.45. The Morgan fingerprint density at radius 2 is 1.07 bits per heavy atom. The van der Waals surface area contributed by atoms with Gasteiger partial charge in [-0.05, 0) is 30.3 Å². The number of benzene rings is 4. The van der Waals surface area contributed by atoms with Crippen molar-refractivity contribution in [3.8, 4) is 45.6 Å². The van der Waals surface area contributed by atoms with E-state index in [0.717, 1.165) is 49.7 Å². The number of furan rings is 1. The number of para-hydroxylation sites is 1. The van der Waals surface area contributed by atoms with Crippen molar-refractivity contribution in [1.29, 1.82) is 0 Å². The zero-order chi connectivity index (χ0) is 29.0. The van der Waals surface area contributed by atoms with Gasteiger partial charge in [0.2, 0.25) is 5.89 Å². The Kier molecular flexibility index (Phi) is 5.33. The fourth-order valence-corrected chi connectivity index (χ4v) is 5.64. The minimum atomic E-state index is 0.445. The maximum atomic E-state index is 6.46. The quantitative estimate of drug-likeness (QED) is 0.208. The fourth-order valence-electron chi connectivity index (χ4n) is 5.64. The van der Waals surface area contributed by atoms with Gasteiger partial charge in [-0.25, -0.2) is 19.9 Å². The molecule has 0 aliphatic rings. The first-order chi connectivity index (χ1) is 21.8. The molecule has 5 heterocycles. The summed E-state index contributed by atoms with van der Waals surface area (Å²) in [4.78, 5) is 29.0. The van der Waals surface area contributed by atoms with Crippen LogP contribution in [0.25, 0.3) is 89.7 Å². The molecule has 8 nitrogen and oxygen atoms in total. The van der Waals surface area contributed by atoms with E-state index in [2.05, 4.69) is 0 Å². The molecule has 0 atom stereocenters. The fraction of sp³-hybridized carbons (Fsp3) is 0. The highest BCUT2D eigenvalue weighted by atomic mass is 16.4. The van der Waals surface area contributed by atoms with Crippen molar-refractivity contribution in [2.45, 2.75) is 0 Å². The monoisotopic (exact) mass is 568 g/mol. The van der Waals surface area contributed by atoms with Crippen LogP contribution < -0.4 is 0 Å². The second-order valence-corrected chi connectivity index (χ2v) is 10.4. The first-order valence-electron chi connectivity index (χ1n) is 14.1. The molecule has 0 saturated carbocycles. The van der Waals surface area contributed by atoms with Gasteiger partial charge >= 0.3 is 0 Å². The molecule has 0 N–H and O–H groups in total. The Morgan fingerprint density at radius 3 is 1.80 bits per heavy atom. The molecule has 0 amide bonds. The molecular formula is C36H20N6O2. The Hall–Kier alpha value is -6.28. The molecule has 0 aliphatic carbocycles. The van der Waals surface area contributed by atoms with Crippen molar-refractivity contribution >= 4 is 44.1 Å². The zero-order valence-electron chi connectivity index (χ0n) is 23.0. The van der Waals surface area contributed by atoms with Crippen LogP contribution in [0.15, 0.2) is 130 Å². The van der Waals surface area contributed by atoms with E-state index in [0.29, 0.717) is 40.0 Å². The number of oxazole rings is 1. The zero-order valence-corrected chi connectivity index (χ0v) is 23.0. The first-order valence-corrected chi connectivity index (χ1v) is 14.1. The summed E-state index contributed by atoms with van der Waals surface area (Å²) < 4.78 is 12.5. The molecule has 5 aromatic heterocycles. The molecule has 0 fully saturated rings. The standard InChI is InChI=1S/C36H20N6O2/c1-3-9-21(10-4-1)33-40-34(22-11-5-2-6-12-22)42-35(41-33)24-17-19-38-31-25(18-20-37-30(24)31)36-39-26-15-16-28-29(32(26)44-36)23-13-7-8-14-27(23)43-28/h1-20H. The van der Waals surface area contributed by atoms with Crippen molar-refractivity contribution < 1.29 is 8.83 Å². The summed E-state index contributed by atoms with van der Waals surface area (Å²) in [6, 6.07) is 35.3. The molecule has 9 rings (SSSR count). The average molecular weight is 569 g/mol. The molecule has 0 unspecified atom stereocenters. The third-order valence-electron chi connectivity index (χ3n) is 7.69. The van der Waals surface area contributed by atoms with Crippen molar-refractivity contribution in [1.82, 2.24) is 29.9 Å². The lowest BCUT2D eigenvalue weighted by molar-refractivity contribution is 0.622. The maximum absolute atomic E-state index is 6.46. The second-order valence-electron chi connectivity index (χ2n) is 10.4. The van der Waals surface area contributed by atoms with E-state index >= 15 is 0 Å². The summed E-state index contributed by atoms with van der Waals surface area (Å²) in [7, 11) is 0. The van der Waals surface area contributed by atoms with Crippen molar-refractivity contribution in [3.05, 3.63) is 122 Å². The Labute approximate surface area is 249 Å². The van der Waals surface area contributed by atoms with Gasteiger partial charge in [-0.15, -0.1) is 0 Å². The molecule has 8 heteroatoms. The van der Waals surface area contributed by atoms with Crippen molar-refractivity contribution in [2.75, 3.05) is 0 Å². The predicted octanol–water partition coefficient (Wildman–Crippen LogP) is 8.52. The average Bonchev–Trinajstić information content (AvgIpc) is 3.70. The van der Waals surface area contributed by atoms with Gasteiger partial charge in [0, 0.05) is 34.5 Å². The van der Waals surface area contributed by atoms with E-state index < -0.39 is 0 Å². The highest BCUT2D eigenvalue weighted by Crippen LogP contribution is 2.38. The maximum Gasteiger partial charge on any atom is 0.229 e. The lowest BCUT2D eigenvalue weighted by atomic mass is 10.1. The third kappa shape index (κ3) is 3.85. The smallest absolute Gasteiger partial charge is 0.229 e. The van der Waals surface area contributed by atoms with Crippen LogP contribution in [0.5, 0.6) is 0 Å². The minimum Gasteiger partial charge on any atom is -0.456 e. The molecule has 44 heavy (non-hydrogen) atoms. The van der Waals surface area contributed by atoms with Crippen LogP contribution in [0.4, 0.5) is 0 Å². The van der Waals surface area contributed by atoms with Gasteiger partial charge in [-0.3, -0.25) is 9.97 Å². The summed E-state index contributed by atoms with van der Waals surface area (Å²) >= 11 is 0. The molecule has 0 spiro atoms. The number of aromatic nitrogens is 6. The minimum absolute atomic E-state index is 0.445. The SMILES string of the molecule is c1ccc(-c2nc(-c3ccccc3)nc(-c3ccnc4c(-c5nc6ccc7oc8ccccc8c7c6o5)ccnc34)n2)cc1. The highest BCUT2D eigenvalue weighted by Gasteiger charge is 2.20. The first kappa shape index (κ1) is 24.3. The number of hydrogen-bond donors (Lipinski definition) is 0. The Bertz CT molecular complexity index is 2450. The van der Waals surface area contributed by atoms with E-state index in [1.165, 1.54) is 0 Å². The lowest BCUT2D eigenvalue weighted by Gasteiger charge is -2.10. The summed E-state index contributed by atoms with van der Waals surface area (Å²) in [6.07, 6.45) is 3.47. The van der Waals surface area contributed by atoms with Gasteiger partial charge in [-0.1, -0.05) is 78.9 Å². The third-order valence-corrected chi connectivity index (χ3v) is 7.69. The Morgan fingerprint density at radius 1 is 0.455 bits per heavy atom. The van der Waals surface area contributed by atoms with E-state index in [-0.39, 0.29) is 0 Å². The van der Waals surface area contributed by atoms with Crippen LogP contribution in [0, 0.1) is 0 Å². The molecule has 206 valence electrons. The molecule has 0 aliphatic heterocycles. The Balaban J connectivity index is 1.25. The van der Waals surface area contributed by atoms with Crippen molar-refractivity contribution in [3.63, 3.8) is 0 Å². The van der Waals surface area contributed by atoms with Crippen LogP contribution in [-0.2, 0) is 0 Å². The van der Waals surface area contributed by atoms with Crippen LogP contribution in [-0.4, -0.2) is 29.9 Å². The van der Waals surface area contributed by atoms with Crippen LogP contribution >= 0.6 is 0 Å². The van der Waals surface area contributed by atoms with Gasteiger partial charge in [0.25, 0.3) is 0 Å². The van der Waals surface area contributed by atoms with Gasteiger partial charge in [0.15, 0.2) is 23.1 Å². The molecule has 9 aromatic rings. The largest absolute Gasteiger partial charge is 0.456 e. The lowest BCUT2D eigenvalue weighted by Crippen LogP contribution is -2.01. The number of fused-ring (bicyclic) bond motifs is 6. The number of rotatable bonds is 4. The molecule has 0 radical (unpaired) electrons. The molecule has 4 aromatic carbocycles. The highest BCUT2D eigenvalue weighted by molar-refractivity contribution is 6.16. The van der Waals surface area contributed by atoms with Crippen molar-refractivity contribution in [2.24, 2.45) is 0 Å². The summed E-state index contributed by atoms with van der Waals surface area (Å²) in [5, 5.41) is 1.88. The number of hydrogen-bond acceptors (Lipinski definition) is 8. The van der Waals surface area contributed by atoms with Gasteiger partial charge in [-0.2, -0.15) is 0 Å². The molecular weight excluding hydrogens is 548 g/mol. The van der Waals surface area contributed by atoms with Crippen LogP contribution in [0.3, 0.4) is 0 Å². The van der Waals surface area contributed by atoms with E-state index in [1.54, 1.807) is 12.4 Å². The molecule has 0 bridgehead atoms.